The molecule has 3 heterocycles. The topological polar surface area (TPSA) is 119 Å². The average Bonchev–Trinajstić information content (AvgIpc) is 3.54. The van der Waals surface area contributed by atoms with Gasteiger partial charge >= 0.3 is 13.2 Å². The van der Waals surface area contributed by atoms with Gasteiger partial charge in [0.1, 0.15) is 6.04 Å². The summed E-state index contributed by atoms with van der Waals surface area (Å²) in [5.74, 6) is 0.385. The number of aliphatic hydroxyl groups is 1. The Kier molecular flexibility index (Phi) is 8.04. The summed E-state index contributed by atoms with van der Waals surface area (Å²) >= 11 is 1.53. The zero-order valence-corrected chi connectivity index (χ0v) is 24.9. The van der Waals surface area contributed by atoms with Crippen molar-refractivity contribution >= 4 is 30.5 Å². The van der Waals surface area contributed by atoms with E-state index in [1.165, 1.54) is 18.3 Å². The maximum atomic E-state index is 13.4. The molecule has 1 saturated heterocycles. The molecule has 3 N–H and O–H groups in total. The predicted molar refractivity (Wildman–Crippen MR) is 154 cm³/mol. The third kappa shape index (κ3) is 5.53. The number of rotatable bonds is 9. The third-order valence-corrected chi connectivity index (χ3v) is 9.98. The van der Waals surface area contributed by atoms with Crippen LogP contribution >= 0.6 is 11.3 Å². The van der Waals surface area contributed by atoms with Crippen molar-refractivity contribution < 1.29 is 28.7 Å². The van der Waals surface area contributed by atoms with Gasteiger partial charge in [-0.15, -0.1) is 11.3 Å². The molecule has 1 aliphatic heterocycles. The smallest absolute Gasteiger partial charge is 0.404 e. The molecule has 40 heavy (non-hydrogen) atoms. The van der Waals surface area contributed by atoms with E-state index in [2.05, 4.69) is 50.2 Å². The summed E-state index contributed by atoms with van der Waals surface area (Å²) in [5, 5.41) is 17.9. The van der Waals surface area contributed by atoms with Gasteiger partial charge in [-0.2, -0.15) is 0 Å². The number of hydrogen-bond donors (Lipinski definition) is 3. The highest BCUT2D eigenvalue weighted by Gasteiger charge is 2.68. The number of ether oxygens (including phenoxy) is 1. The first kappa shape index (κ1) is 29.0. The first-order valence-electron chi connectivity index (χ1n) is 14.2. The number of amides is 2. The average molecular weight is 570 g/mol. The van der Waals surface area contributed by atoms with Gasteiger partial charge in [0.15, 0.2) is 0 Å². The Bertz CT molecular complexity index is 1220. The highest BCUT2D eigenvalue weighted by molar-refractivity contribution is 7.13. The second kappa shape index (κ2) is 11.1. The number of thiophene rings is 1. The van der Waals surface area contributed by atoms with Crippen LogP contribution in [0.1, 0.15) is 60.8 Å². The Hall–Kier alpha value is -2.47. The van der Waals surface area contributed by atoms with Crippen molar-refractivity contribution in [3.8, 4) is 16.5 Å². The molecule has 0 unspecified atom stereocenters. The van der Waals surface area contributed by atoms with Crippen LogP contribution in [0.2, 0.25) is 0 Å². The van der Waals surface area contributed by atoms with E-state index in [1.54, 1.807) is 12.1 Å². The van der Waals surface area contributed by atoms with Gasteiger partial charge in [-0.1, -0.05) is 39.8 Å². The summed E-state index contributed by atoms with van der Waals surface area (Å²) in [6.07, 6.45) is 0.636. The Morgan fingerprint density at radius 1 is 1.18 bits per heavy atom. The van der Waals surface area contributed by atoms with Crippen molar-refractivity contribution in [3.63, 3.8) is 0 Å². The lowest BCUT2D eigenvalue weighted by Gasteiger charge is -2.64. The molecule has 0 radical (unpaired) electrons. The molecular weight excluding hydrogens is 529 g/mol. The SMILES string of the molecule is CC(C)C[C@H](NC(=O)[C@@H](NC(=O)Oc1cccc(-c2cccs2)n1)[C@@H](C)O)B1O[C@@H]2C[C@@H]3C[C@@H](C3(C)C)[C@]2(C)O1. The van der Waals surface area contributed by atoms with Gasteiger partial charge in [0.2, 0.25) is 11.8 Å². The predicted octanol–water partition coefficient (Wildman–Crippen LogP) is 4.45. The van der Waals surface area contributed by atoms with Gasteiger partial charge in [-0.25, -0.2) is 9.78 Å². The van der Waals surface area contributed by atoms with Crippen molar-refractivity contribution in [2.45, 2.75) is 90.6 Å². The third-order valence-electron chi connectivity index (χ3n) is 9.08. The number of nitrogens with one attached hydrogen (secondary N) is 2. The summed E-state index contributed by atoms with van der Waals surface area (Å²) in [4.78, 5) is 31.5. The molecule has 4 aliphatic rings. The standard InChI is InChI=1S/C29H40BN3O6S/c1-16(2)13-23(30-38-22-15-18-14-21(28(18,4)5)29(22,6)39-30)32-26(35)25(17(3)34)33-27(36)37-24-11-7-9-19(31-24)20-10-8-12-40-20/h7-12,16-18,21-23,25,34H,13-15H2,1-6H3,(H,32,35)(H,33,36)/t17-,18+,21+,22-,23+,25+,29+/m1/s1. The summed E-state index contributed by atoms with van der Waals surface area (Å²) in [6, 6.07) is 7.73. The molecule has 3 aliphatic carbocycles. The van der Waals surface area contributed by atoms with Gasteiger partial charge in [0.05, 0.1) is 34.3 Å². The number of aromatic nitrogens is 1. The van der Waals surface area contributed by atoms with E-state index in [4.69, 9.17) is 14.0 Å². The fourth-order valence-corrected chi connectivity index (χ4v) is 7.47. The van der Waals surface area contributed by atoms with Gasteiger partial charge in [0, 0.05) is 6.07 Å². The lowest BCUT2D eigenvalue weighted by molar-refractivity contribution is -0.199. The number of carbonyl (C=O) groups excluding carboxylic acids is 2. The minimum absolute atomic E-state index is 0.0149. The van der Waals surface area contributed by atoms with Gasteiger partial charge in [-0.3, -0.25) is 4.79 Å². The Morgan fingerprint density at radius 3 is 2.60 bits per heavy atom. The van der Waals surface area contributed by atoms with E-state index in [9.17, 15) is 14.7 Å². The molecule has 7 atom stereocenters. The van der Waals surface area contributed by atoms with Crippen LogP contribution in [0.15, 0.2) is 35.7 Å². The second-order valence-corrected chi connectivity index (χ2v) is 13.6. The van der Waals surface area contributed by atoms with Gasteiger partial charge in [-0.05, 0) is 73.8 Å². The number of pyridine rings is 1. The van der Waals surface area contributed by atoms with Crippen molar-refractivity contribution in [2.75, 3.05) is 0 Å². The first-order chi connectivity index (χ1) is 18.9. The van der Waals surface area contributed by atoms with Crippen LogP contribution in [0, 0.1) is 23.2 Å². The van der Waals surface area contributed by atoms with Gasteiger partial charge < -0.3 is 29.8 Å². The monoisotopic (exact) mass is 569 g/mol. The van der Waals surface area contributed by atoms with Crippen LogP contribution in [0.3, 0.4) is 0 Å². The highest BCUT2D eigenvalue weighted by Crippen LogP contribution is 2.65. The molecule has 4 fully saturated rings. The number of aliphatic hydroxyl groups excluding tert-OH is 1. The zero-order chi connectivity index (χ0) is 28.8. The minimum Gasteiger partial charge on any atom is -0.404 e. The lowest BCUT2D eigenvalue weighted by atomic mass is 9.43. The molecule has 0 aromatic carbocycles. The summed E-state index contributed by atoms with van der Waals surface area (Å²) in [6.45, 7) is 12.4. The van der Waals surface area contributed by atoms with Crippen molar-refractivity contribution in [1.29, 1.82) is 0 Å². The van der Waals surface area contributed by atoms with E-state index in [-0.39, 0.29) is 23.3 Å². The molecule has 9 nitrogen and oxygen atoms in total. The van der Waals surface area contributed by atoms with Crippen LogP contribution in [0.4, 0.5) is 4.79 Å². The van der Waals surface area contributed by atoms with E-state index in [0.29, 0.717) is 24.0 Å². The Morgan fingerprint density at radius 2 is 1.95 bits per heavy atom. The number of nitrogens with zero attached hydrogens (tertiary/aromatic N) is 1. The van der Waals surface area contributed by atoms with E-state index in [0.717, 1.165) is 17.7 Å². The van der Waals surface area contributed by atoms with Crippen LogP contribution in [0.25, 0.3) is 10.6 Å². The van der Waals surface area contributed by atoms with E-state index >= 15 is 0 Å². The van der Waals surface area contributed by atoms with Crippen LogP contribution < -0.4 is 15.4 Å². The minimum atomic E-state index is -1.24. The molecule has 6 rings (SSSR count). The molecule has 2 aromatic heterocycles. The lowest BCUT2D eigenvalue weighted by Crippen LogP contribution is -2.65. The quantitative estimate of drug-likeness (QED) is 0.382. The maximum Gasteiger partial charge on any atom is 0.481 e. The fourth-order valence-electron chi connectivity index (χ4n) is 6.78. The normalized spacial score (nSPS) is 28.7. The number of carbonyl (C=O) groups is 2. The highest BCUT2D eigenvalue weighted by atomic mass is 32.1. The molecular formula is C29H40BN3O6S. The molecule has 3 saturated carbocycles. The Labute approximate surface area is 240 Å². The van der Waals surface area contributed by atoms with Crippen LogP contribution in [0.5, 0.6) is 5.88 Å². The maximum absolute atomic E-state index is 13.4. The molecule has 216 valence electrons. The van der Waals surface area contributed by atoms with Crippen LogP contribution in [-0.4, -0.2) is 59.0 Å². The van der Waals surface area contributed by atoms with Crippen LogP contribution in [-0.2, 0) is 14.1 Å². The Balaban J connectivity index is 1.24. The molecule has 2 amide bonds. The molecule has 2 bridgehead atoms. The molecule has 2 aromatic rings. The van der Waals surface area contributed by atoms with Crippen molar-refractivity contribution in [1.82, 2.24) is 15.6 Å². The van der Waals surface area contributed by atoms with E-state index in [1.807, 2.05) is 23.6 Å². The summed E-state index contributed by atoms with van der Waals surface area (Å²) in [7, 11) is -0.609. The largest absolute Gasteiger partial charge is 0.481 e. The fraction of sp³-hybridized carbons (Fsp3) is 0.621. The molecule has 0 spiro atoms. The van der Waals surface area contributed by atoms with Crippen molar-refractivity contribution in [3.05, 3.63) is 35.7 Å². The van der Waals surface area contributed by atoms with Gasteiger partial charge in [0.25, 0.3) is 0 Å². The van der Waals surface area contributed by atoms with Crippen molar-refractivity contribution in [2.24, 2.45) is 23.2 Å². The second-order valence-electron chi connectivity index (χ2n) is 12.7. The van der Waals surface area contributed by atoms with E-state index < -0.39 is 42.8 Å². The first-order valence-corrected chi connectivity index (χ1v) is 15.1. The zero-order valence-electron chi connectivity index (χ0n) is 24.0. The number of hydrogen-bond acceptors (Lipinski definition) is 8. The summed E-state index contributed by atoms with van der Waals surface area (Å²) < 4.78 is 18.4. The summed E-state index contributed by atoms with van der Waals surface area (Å²) in [5.41, 5.74) is 0.479. The molecule has 11 heteroatoms.